The largest absolute Gasteiger partial charge is 0.481 e. The van der Waals surface area contributed by atoms with Crippen molar-refractivity contribution in [2.45, 2.75) is 45.7 Å². The lowest BCUT2D eigenvalue weighted by Crippen LogP contribution is -2.17. The van der Waals surface area contributed by atoms with Gasteiger partial charge in [-0.15, -0.1) is 0 Å². The summed E-state index contributed by atoms with van der Waals surface area (Å²) < 4.78 is 38.9. The first kappa shape index (κ1) is 23.0. The van der Waals surface area contributed by atoms with Crippen molar-refractivity contribution >= 4 is 16.9 Å². The van der Waals surface area contributed by atoms with Crippen molar-refractivity contribution in [3.05, 3.63) is 35.5 Å². The Morgan fingerprint density at radius 3 is 2.30 bits per heavy atom. The van der Waals surface area contributed by atoms with Gasteiger partial charge in [-0.25, -0.2) is 0 Å². The van der Waals surface area contributed by atoms with Gasteiger partial charge in [-0.1, -0.05) is 38.5 Å². The average molecular weight is 386 g/mol. The van der Waals surface area contributed by atoms with Gasteiger partial charge in [0.05, 0.1) is 5.92 Å². The second-order valence-electron chi connectivity index (χ2n) is 6.81. The molecule has 0 bridgehead atoms. The maximum Gasteiger partial charge on any atom is 0.431 e. The number of hydrogen-bond donors (Lipinski definition) is 2. The summed E-state index contributed by atoms with van der Waals surface area (Å²) in [6.07, 6.45) is -1.42. The van der Waals surface area contributed by atoms with E-state index in [1.54, 1.807) is 24.3 Å². The quantitative estimate of drug-likeness (QED) is 0.689. The maximum atomic E-state index is 13.0. The number of aromatic nitrogens is 1. The molecule has 0 saturated carbocycles. The Morgan fingerprint density at radius 1 is 1.22 bits per heavy atom. The average Bonchev–Trinajstić information content (AvgIpc) is 2.97. The number of benzene rings is 1. The van der Waals surface area contributed by atoms with Gasteiger partial charge < -0.3 is 15.0 Å². The van der Waals surface area contributed by atoms with Crippen molar-refractivity contribution in [1.29, 1.82) is 0 Å². The predicted octanol–water partition coefficient (Wildman–Crippen LogP) is 5.19. The summed E-state index contributed by atoms with van der Waals surface area (Å²) in [7, 11) is 3.70. The van der Waals surface area contributed by atoms with Crippen molar-refractivity contribution in [1.82, 2.24) is 9.88 Å². The molecule has 27 heavy (non-hydrogen) atoms. The smallest absolute Gasteiger partial charge is 0.431 e. The lowest BCUT2D eigenvalue weighted by Gasteiger charge is -2.11. The van der Waals surface area contributed by atoms with Crippen molar-refractivity contribution in [2.24, 2.45) is 5.92 Å². The fourth-order valence-electron chi connectivity index (χ4n) is 2.89. The number of carboxylic acids is 1. The molecule has 7 heteroatoms. The van der Waals surface area contributed by atoms with Gasteiger partial charge in [0, 0.05) is 17.4 Å². The van der Waals surface area contributed by atoms with Gasteiger partial charge in [-0.3, -0.25) is 4.79 Å². The van der Waals surface area contributed by atoms with E-state index in [0.29, 0.717) is 29.4 Å². The summed E-state index contributed by atoms with van der Waals surface area (Å²) in [6, 6.07) is 6.89. The fraction of sp³-hybridized carbons (Fsp3) is 0.550. The molecule has 4 nitrogen and oxygen atoms in total. The number of carbonyl (C=O) groups is 1. The second-order valence-corrected chi connectivity index (χ2v) is 6.81. The minimum Gasteiger partial charge on any atom is -0.481 e. The maximum absolute atomic E-state index is 13.0. The molecule has 0 radical (unpaired) electrons. The molecule has 1 atom stereocenters. The van der Waals surface area contributed by atoms with E-state index in [0.717, 1.165) is 19.3 Å². The summed E-state index contributed by atoms with van der Waals surface area (Å²) >= 11 is 0. The van der Waals surface area contributed by atoms with Crippen LogP contribution >= 0.6 is 0 Å². The molecule has 2 aromatic rings. The van der Waals surface area contributed by atoms with E-state index in [-0.39, 0.29) is 5.92 Å². The van der Waals surface area contributed by atoms with Gasteiger partial charge in [0.15, 0.2) is 0 Å². The third kappa shape index (κ3) is 6.90. The number of aromatic amines is 1. The number of para-hydroxylation sites is 1. The van der Waals surface area contributed by atoms with Crippen LogP contribution in [0, 0.1) is 5.92 Å². The highest BCUT2D eigenvalue weighted by Crippen LogP contribution is 2.35. The van der Waals surface area contributed by atoms with Crippen molar-refractivity contribution in [2.75, 3.05) is 20.6 Å². The lowest BCUT2D eigenvalue weighted by atomic mass is 10.0. The van der Waals surface area contributed by atoms with Crippen LogP contribution in [-0.4, -0.2) is 41.6 Å². The number of H-pyrrole nitrogens is 1. The first-order valence-electron chi connectivity index (χ1n) is 9.16. The van der Waals surface area contributed by atoms with Crippen LogP contribution in [0.15, 0.2) is 24.3 Å². The molecule has 1 unspecified atom stereocenters. The number of nitrogens with zero attached hydrogens (tertiary/aromatic N) is 1. The van der Waals surface area contributed by atoms with Crippen LogP contribution in [0.1, 0.15) is 44.4 Å². The van der Waals surface area contributed by atoms with Crippen LogP contribution in [0.4, 0.5) is 13.2 Å². The number of likely N-dealkylation sites (N-methyl/N-ethyl adjacent to an activating group) is 1. The van der Waals surface area contributed by atoms with Gasteiger partial charge >= 0.3 is 12.1 Å². The molecule has 152 valence electrons. The van der Waals surface area contributed by atoms with Gasteiger partial charge in [0.1, 0.15) is 5.69 Å². The van der Waals surface area contributed by atoms with Crippen LogP contribution in [0.25, 0.3) is 10.9 Å². The zero-order valence-electron chi connectivity index (χ0n) is 16.4. The van der Waals surface area contributed by atoms with E-state index in [2.05, 4.69) is 4.98 Å². The highest BCUT2D eigenvalue weighted by Gasteiger charge is 2.36. The molecular formula is C20H29F3N2O2. The topological polar surface area (TPSA) is 56.3 Å². The Bertz CT molecular complexity index is 724. The highest BCUT2D eigenvalue weighted by molar-refractivity contribution is 5.84. The summed E-state index contributed by atoms with van der Waals surface area (Å²) in [6.45, 7) is 4.50. The van der Waals surface area contributed by atoms with Gasteiger partial charge in [0.2, 0.25) is 0 Å². The number of fused-ring (bicyclic) bond motifs is 1. The fourth-order valence-corrected chi connectivity index (χ4v) is 2.89. The van der Waals surface area contributed by atoms with E-state index < -0.39 is 17.8 Å². The van der Waals surface area contributed by atoms with Gasteiger partial charge in [-0.2, -0.15) is 13.2 Å². The second kappa shape index (κ2) is 10.3. The van der Waals surface area contributed by atoms with Crippen LogP contribution < -0.4 is 0 Å². The molecule has 0 saturated heterocycles. The van der Waals surface area contributed by atoms with Crippen molar-refractivity contribution in [3.8, 4) is 0 Å². The summed E-state index contributed by atoms with van der Waals surface area (Å²) in [5.41, 5.74) is 0.274. The molecule has 0 aliphatic rings. The van der Waals surface area contributed by atoms with Crippen molar-refractivity contribution < 1.29 is 23.1 Å². The molecule has 2 rings (SSSR count). The Balaban J connectivity index is 0.000000345. The number of aliphatic carboxylic acids is 1. The lowest BCUT2D eigenvalue weighted by molar-refractivity contribution is -0.142. The molecule has 0 aliphatic heterocycles. The normalized spacial score (nSPS) is 12.7. The summed E-state index contributed by atoms with van der Waals surface area (Å²) in [5, 5.41) is 9.16. The van der Waals surface area contributed by atoms with E-state index in [9.17, 15) is 18.0 Å². The SMILES string of the molecule is CCCC(CC)C(=O)O.CN(C)CCc1c(C(F)(F)F)[nH]c2ccccc12. The predicted molar refractivity (Wildman–Crippen MR) is 102 cm³/mol. The minimum atomic E-state index is -4.33. The minimum absolute atomic E-state index is 0.116. The molecule has 1 heterocycles. The molecule has 0 spiro atoms. The number of rotatable bonds is 7. The number of hydrogen-bond acceptors (Lipinski definition) is 2. The molecular weight excluding hydrogens is 357 g/mol. The highest BCUT2D eigenvalue weighted by atomic mass is 19.4. The molecule has 0 aliphatic carbocycles. The Labute approximate surface area is 158 Å². The Morgan fingerprint density at radius 2 is 1.85 bits per heavy atom. The van der Waals surface area contributed by atoms with Crippen LogP contribution in [-0.2, 0) is 17.4 Å². The standard InChI is InChI=1S/C13H15F3N2.C7H14O2/c1-18(2)8-7-10-9-5-3-4-6-11(9)17-12(10)13(14,15)16;1-3-5-6(4-2)7(8)9/h3-6,17H,7-8H2,1-2H3;6H,3-5H2,1-2H3,(H,8,9). The van der Waals surface area contributed by atoms with E-state index in [1.165, 1.54) is 0 Å². The van der Waals surface area contributed by atoms with Crippen LogP contribution in [0.5, 0.6) is 0 Å². The summed E-state index contributed by atoms with van der Waals surface area (Å²) in [4.78, 5) is 14.7. The molecule has 0 amide bonds. The third-order valence-corrected chi connectivity index (χ3v) is 4.39. The molecule has 1 aromatic carbocycles. The van der Waals surface area contributed by atoms with Crippen LogP contribution in [0.3, 0.4) is 0 Å². The number of carboxylic acid groups (broad SMARTS) is 1. The molecule has 1 aromatic heterocycles. The molecule has 2 N–H and O–H groups in total. The first-order chi connectivity index (χ1) is 12.6. The Kier molecular flexibility index (Phi) is 8.82. The van der Waals surface area contributed by atoms with Gasteiger partial charge in [0.25, 0.3) is 0 Å². The number of alkyl halides is 3. The Hall–Kier alpha value is -2.02. The molecule has 0 fully saturated rings. The van der Waals surface area contributed by atoms with E-state index >= 15 is 0 Å². The van der Waals surface area contributed by atoms with Gasteiger partial charge in [-0.05, 0) is 45.0 Å². The van der Waals surface area contributed by atoms with Crippen molar-refractivity contribution in [3.63, 3.8) is 0 Å². The van der Waals surface area contributed by atoms with Crippen LogP contribution in [0.2, 0.25) is 0 Å². The zero-order chi connectivity index (χ0) is 20.6. The first-order valence-corrected chi connectivity index (χ1v) is 9.16. The monoisotopic (exact) mass is 386 g/mol. The van der Waals surface area contributed by atoms with E-state index in [4.69, 9.17) is 5.11 Å². The number of nitrogens with one attached hydrogen (secondary N) is 1. The third-order valence-electron chi connectivity index (χ3n) is 4.39. The van der Waals surface area contributed by atoms with E-state index in [1.807, 2.05) is 32.8 Å². The summed E-state index contributed by atoms with van der Waals surface area (Å²) in [5.74, 6) is -0.769. The zero-order valence-corrected chi connectivity index (χ0v) is 16.4. The number of halogens is 3.